The second-order valence-electron chi connectivity index (χ2n) is 6.65. The number of carboxylic acid groups (broad SMARTS) is 1. The molecule has 3 heterocycles. The second-order valence-corrected chi connectivity index (χ2v) is 7.09. The number of halogens is 4. The molecule has 1 aromatic heterocycles. The average Bonchev–Trinajstić information content (AvgIpc) is 3.09. The third-order valence-electron chi connectivity index (χ3n) is 4.90. The molecule has 0 spiro atoms. The van der Waals surface area contributed by atoms with E-state index in [1.54, 1.807) is 18.2 Å². The van der Waals surface area contributed by atoms with E-state index in [1.165, 1.54) is 23.1 Å². The summed E-state index contributed by atoms with van der Waals surface area (Å²) in [5, 5.41) is 11.8. The number of nitrogens with one attached hydrogen (secondary N) is 1. The Hall–Kier alpha value is -2.94. The minimum absolute atomic E-state index is 0.0399. The molecule has 0 radical (unpaired) electrons. The highest BCUT2D eigenvalue weighted by atomic mass is 35.5. The highest BCUT2D eigenvalue weighted by Crippen LogP contribution is 2.52. The number of rotatable bonds is 2. The van der Waals surface area contributed by atoms with Gasteiger partial charge in [0.25, 0.3) is 0 Å². The molecule has 10 heteroatoms. The summed E-state index contributed by atoms with van der Waals surface area (Å²) in [6.07, 6.45) is -2.65. The number of carbonyl (C=O) groups is 1. The van der Waals surface area contributed by atoms with Gasteiger partial charge >= 0.3 is 18.0 Å². The van der Waals surface area contributed by atoms with Crippen molar-refractivity contribution in [3.63, 3.8) is 0 Å². The summed E-state index contributed by atoms with van der Waals surface area (Å²) < 4.78 is 47.8. The van der Waals surface area contributed by atoms with E-state index in [2.05, 4.69) is 10.3 Å². The van der Waals surface area contributed by atoms with Crippen LogP contribution in [-0.2, 0) is 5.72 Å². The molecule has 1 atom stereocenters. The number of pyridine rings is 1. The first-order valence-electron chi connectivity index (χ1n) is 8.67. The molecule has 2 aliphatic heterocycles. The van der Waals surface area contributed by atoms with Gasteiger partial charge in [-0.3, -0.25) is 4.98 Å². The van der Waals surface area contributed by atoms with Crippen LogP contribution in [0.25, 0.3) is 5.57 Å². The van der Waals surface area contributed by atoms with Gasteiger partial charge in [0.05, 0.1) is 10.7 Å². The van der Waals surface area contributed by atoms with Gasteiger partial charge in [-0.25, -0.2) is 4.79 Å². The Bertz CT molecular complexity index is 994. The Kier molecular flexibility index (Phi) is 4.57. The molecule has 2 aromatic rings. The predicted molar refractivity (Wildman–Crippen MR) is 99.9 cm³/mol. The molecule has 1 aromatic carbocycles. The third kappa shape index (κ3) is 3.25. The number of para-hydroxylation sites is 1. The molecule has 152 valence electrons. The number of nitrogens with zero attached hydrogens (tertiary/aromatic N) is 2. The number of hydrogen-bond acceptors (Lipinski definition) is 4. The van der Waals surface area contributed by atoms with Crippen LogP contribution in [-0.4, -0.2) is 40.3 Å². The first-order valence-corrected chi connectivity index (χ1v) is 9.05. The summed E-state index contributed by atoms with van der Waals surface area (Å²) in [6.45, 7) is 0.424. The minimum atomic E-state index is -4.81. The van der Waals surface area contributed by atoms with Crippen LogP contribution in [0.1, 0.15) is 17.7 Å². The molecule has 0 bridgehead atoms. The molecule has 2 N–H and O–H groups in total. The van der Waals surface area contributed by atoms with Gasteiger partial charge in [-0.05, 0) is 30.2 Å². The van der Waals surface area contributed by atoms with Gasteiger partial charge in [0.2, 0.25) is 0 Å². The van der Waals surface area contributed by atoms with E-state index in [0.29, 0.717) is 12.0 Å². The SMILES string of the molecule is O=C(O)N1CC=C(c2cccc3c2NC(c2ccc(Cl)cn2)(C(F)(F)F)O3)CC1. The van der Waals surface area contributed by atoms with Crippen molar-refractivity contribution < 1.29 is 27.8 Å². The van der Waals surface area contributed by atoms with Crippen molar-refractivity contribution >= 4 is 29.0 Å². The topological polar surface area (TPSA) is 74.7 Å². The average molecular weight is 426 g/mol. The standard InChI is InChI=1S/C19H15ClF3N3O3/c20-12-4-5-15(24-10-12)18(19(21,22)23)25-16-13(2-1-3-14(16)29-18)11-6-8-26(9-7-11)17(27)28/h1-6,10,25H,7-9H2,(H,27,28). The minimum Gasteiger partial charge on any atom is -0.465 e. The molecule has 1 unspecified atom stereocenters. The van der Waals surface area contributed by atoms with Crippen molar-refractivity contribution in [2.45, 2.75) is 18.3 Å². The van der Waals surface area contributed by atoms with Crippen LogP contribution in [0, 0.1) is 0 Å². The van der Waals surface area contributed by atoms with Crippen LogP contribution >= 0.6 is 11.6 Å². The monoisotopic (exact) mass is 425 g/mol. The summed E-state index contributed by atoms with van der Waals surface area (Å²) in [4.78, 5) is 16.1. The molecular formula is C19H15ClF3N3O3. The van der Waals surface area contributed by atoms with E-state index in [4.69, 9.17) is 21.4 Å². The second kappa shape index (κ2) is 6.84. The molecule has 0 aliphatic carbocycles. The summed E-state index contributed by atoms with van der Waals surface area (Å²) in [5.74, 6) is 0.0399. The van der Waals surface area contributed by atoms with Crippen LogP contribution < -0.4 is 10.1 Å². The van der Waals surface area contributed by atoms with Crippen molar-refractivity contribution in [1.29, 1.82) is 0 Å². The quantitative estimate of drug-likeness (QED) is 0.728. The van der Waals surface area contributed by atoms with E-state index in [0.717, 1.165) is 11.8 Å². The number of hydrogen-bond donors (Lipinski definition) is 2. The fourth-order valence-electron chi connectivity index (χ4n) is 3.44. The van der Waals surface area contributed by atoms with E-state index in [1.807, 2.05) is 0 Å². The Morgan fingerprint density at radius 1 is 1.31 bits per heavy atom. The lowest BCUT2D eigenvalue weighted by Crippen LogP contribution is -2.51. The summed E-state index contributed by atoms with van der Waals surface area (Å²) in [7, 11) is 0. The zero-order valence-electron chi connectivity index (χ0n) is 14.8. The van der Waals surface area contributed by atoms with Crippen molar-refractivity contribution in [3.8, 4) is 5.75 Å². The van der Waals surface area contributed by atoms with E-state index in [9.17, 15) is 18.0 Å². The van der Waals surface area contributed by atoms with Gasteiger partial charge in [-0.15, -0.1) is 0 Å². The normalized spacial score (nSPS) is 21.1. The maximum atomic E-state index is 14.1. The largest absolute Gasteiger partial charge is 0.465 e. The maximum absolute atomic E-state index is 14.1. The predicted octanol–water partition coefficient (Wildman–Crippen LogP) is 4.72. The highest BCUT2D eigenvalue weighted by molar-refractivity contribution is 6.30. The van der Waals surface area contributed by atoms with Gasteiger partial charge in [-0.2, -0.15) is 13.2 Å². The third-order valence-corrected chi connectivity index (χ3v) is 5.13. The van der Waals surface area contributed by atoms with Crippen LogP contribution in [0.4, 0.5) is 23.7 Å². The van der Waals surface area contributed by atoms with Crippen molar-refractivity contribution in [2.24, 2.45) is 0 Å². The Balaban J connectivity index is 1.75. The molecule has 0 saturated heterocycles. The van der Waals surface area contributed by atoms with Gasteiger partial charge in [0, 0.05) is 24.8 Å². The lowest BCUT2D eigenvalue weighted by atomic mass is 9.97. The fourth-order valence-corrected chi connectivity index (χ4v) is 3.55. The molecular weight excluding hydrogens is 411 g/mol. The molecule has 1 amide bonds. The van der Waals surface area contributed by atoms with Crippen molar-refractivity contribution in [2.75, 3.05) is 18.4 Å². The highest BCUT2D eigenvalue weighted by Gasteiger charge is 2.63. The Morgan fingerprint density at radius 3 is 2.69 bits per heavy atom. The zero-order chi connectivity index (χ0) is 20.8. The summed E-state index contributed by atoms with van der Waals surface area (Å²) in [5.41, 5.74) is -1.74. The maximum Gasteiger partial charge on any atom is 0.455 e. The van der Waals surface area contributed by atoms with Crippen LogP contribution in [0.15, 0.2) is 42.6 Å². The molecule has 2 aliphatic rings. The van der Waals surface area contributed by atoms with Crippen LogP contribution in [0.3, 0.4) is 0 Å². The molecule has 4 rings (SSSR count). The first kappa shape index (κ1) is 19.4. The van der Waals surface area contributed by atoms with Crippen LogP contribution in [0.2, 0.25) is 5.02 Å². The van der Waals surface area contributed by atoms with E-state index in [-0.39, 0.29) is 35.2 Å². The van der Waals surface area contributed by atoms with Gasteiger partial charge in [-0.1, -0.05) is 29.8 Å². The smallest absolute Gasteiger partial charge is 0.455 e. The number of fused-ring (bicyclic) bond motifs is 1. The number of benzene rings is 1. The number of aromatic nitrogens is 1. The van der Waals surface area contributed by atoms with Gasteiger partial charge in [0.1, 0.15) is 11.4 Å². The van der Waals surface area contributed by atoms with Crippen molar-refractivity contribution in [1.82, 2.24) is 9.88 Å². The lowest BCUT2D eigenvalue weighted by molar-refractivity contribution is -0.239. The number of amides is 1. The van der Waals surface area contributed by atoms with Crippen LogP contribution in [0.5, 0.6) is 5.75 Å². The molecule has 0 fully saturated rings. The first-order chi connectivity index (χ1) is 13.7. The fraction of sp³-hybridized carbons (Fsp3) is 0.263. The molecule has 0 saturated carbocycles. The summed E-state index contributed by atoms with van der Waals surface area (Å²) in [6, 6.07) is 7.21. The zero-order valence-corrected chi connectivity index (χ0v) is 15.6. The lowest BCUT2D eigenvalue weighted by Gasteiger charge is -2.30. The number of alkyl halides is 3. The Labute approximate surface area is 168 Å². The number of ether oxygens (including phenoxy) is 1. The van der Waals surface area contributed by atoms with Gasteiger partial charge in [0.15, 0.2) is 0 Å². The Morgan fingerprint density at radius 2 is 2.10 bits per heavy atom. The molecule has 29 heavy (non-hydrogen) atoms. The molecule has 6 nitrogen and oxygen atoms in total. The van der Waals surface area contributed by atoms with E-state index >= 15 is 0 Å². The van der Waals surface area contributed by atoms with Gasteiger partial charge < -0.3 is 20.1 Å². The van der Waals surface area contributed by atoms with Crippen molar-refractivity contribution in [3.05, 3.63) is 58.9 Å². The number of anilines is 1. The van der Waals surface area contributed by atoms with E-state index < -0.39 is 18.0 Å². The summed E-state index contributed by atoms with van der Waals surface area (Å²) >= 11 is 5.77.